The predicted molar refractivity (Wildman–Crippen MR) is 90.7 cm³/mol. The lowest BCUT2D eigenvalue weighted by molar-refractivity contribution is -0.123. The van der Waals surface area contributed by atoms with Crippen LogP contribution in [0.5, 0.6) is 5.75 Å². The van der Waals surface area contributed by atoms with Crippen LogP contribution < -0.4 is 10.2 Å². The Morgan fingerprint density at radius 2 is 2.00 bits per heavy atom. The number of rotatable bonds is 5. The lowest BCUT2D eigenvalue weighted by Gasteiger charge is -2.19. The van der Waals surface area contributed by atoms with Gasteiger partial charge in [-0.3, -0.25) is 4.79 Å². The summed E-state index contributed by atoms with van der Waals surface area (Å²) < 4.78 is 5.44. The number of thiophene rings is 1. The first-order valence-corrected chi connectivity index (χ1v) is 7.97. The van der Waals surface area contributed by atoms with Gasteiger partial charge in [-0.25, -0.2) is 5.43 Å². The van der Waals surface area contributed by atoms with E-state index in [4.69, 9.17) is 4.74 Å². The van der Waals surface area contributed by atoms with Crippen LogP contribution in [0.4, 0.5) is 0 Å². The van der Waals surface area contributed by atoms with Crippen LogP contribution in [-0.2, 0) is 10.2 Å². The van der Waals surface area contributed by atoms with Crippen molar-refractivity contribution < 1.29 is 9.53 Å². The van der Waals surface area contributed by atoms with Crippen molar-refractivity contribution in [1.82, 2.24) is 5.43 Å². The summed E-state index contributed by atoms with van der Waals surface area (Å²) in [7, 11) is 0. The normalized spacial score (nSPS) is 11.6. The number of hydrogen-bond donors (Lipinski definition) is 1. The lowest BCUT2D eigenvalue weighted by atomic mass is 9.87. The second-order valence-electron chi connectivity index (χ2n) is 5.91. The minimum atomic E-state index is -0.286. The van der Waals surface area contributed by atoms with E-state index in [1.807, 2.05) is 41.1 Å². The van der Waals surface area contributed by atoms with Crippen molar-refractivity contribution in [3.05, 3.63) is 52.2 Å². The van der Waals surface area contributed by atoms with Crippen molar-refractivity contribution in [2.75, 3.05) is 6.61 Å². The van der Waals surface area contributed by atoms with Crippen LogP contribution >= 0.6 is 11.3 Å². The molecule has 0 fully saturated rings. The van der Waals surface area contributed by atoms with Crippen LogP contribution in [0.2, 0.25) is 0 Å². The van der Waals surface area contributed by atoms with Gasteiger partial charge in [0.15, 0.2) is 6.61 Å². The van der Waals surface area contributed by atoms with Crippen molar-refractivity contribution in [1.29, 1.82) is 0 Å². The van der Waals surface area contributed by atoms with E-state index in [1.54, 1.807) is 17.6 Å². The predicted octanol–water partition coefficient (Wildman–Crippen LogP) is 3.57. The third-order valence-electron chi connectivity index (χ3n) is 3.04. The van der Waals surface area contributed by atoms with Gasteiger partial charge >= 0.3 is 0 Å². The Morgan fingerprint density at radius 1 is 1.27 bits per heavy atom. The Labute approximate surface area is 134 Å². The van der Waals surface area contributed by atoms with E-state index < -0.39 is 0 Å². The molecular weight excluding hydrogens is 296 g/mol. The first-order valence-electron chi connectivity index (χ1n) is 7.02. The van der Waals surface area contributed by atoms with Gasteiger partial charge in [-0.15, -0.1) is 0 Å². The van der Waals surface area contributed by atoms with E-state index in [2.05, 4.69) is 31.3 Å². The molecule has 0 aliphatic carbocycles. The highest BCUT2D eigenvalue weighted by atomic mass is 32.1. The molecule has 0 saturated carbocycles. The maximum atomic E-state index is 11.6. The summed E-state index contributed by atoms with van der Waals surface area (Å²) in [5.74, 6) is 0.386. The maximum absolute atomic E-state index is 11.6. The summed E-state index contributed by atoms with van der Waals surface area (Å²) in [6.07, 6.45) is 1.60. The van der Waals surface area contributed by atoms with Gasteiger partial charge in [0, 0.05) is 5.56 Å². The fourth-order valence-corrected chi connectivity index (χ4v) is 2.37. The average molecular weight is 316 g/mol. The second kappa shape index (κ2) is 7.22. The van der Waals surface area contributed by atoms with Crippen LogP contribution in [-0.4, -0.2) is 18.7 Å². The van der Waals surface area contributed by atoms with Crippen molar-refractivity contribution in [2.24, 2.45) is 5.10 Å². The Bertz CT molecular complexity index is 626. The van der Waals surface area contributed by atoms with Gasteiger partial charge in [0.2, 0.25) is 0 Å². The minimum Gasteiger partial charge on any atom is -0.484 e. The fraction of sp³-hybridized carbons (Fsp3) is 0.294. The van der Waals surface area contributed by atoms with E-state index in [0.717, 1.165) is 5.56 Å². The summed E-state index contributed by atoms with van der Waals surface area (Å²) in [5.41, 5.74) is 4.73. The zero-order chi connectivity index (χ0) is 16.0. The number of amides is 1. The van der Waals surface area contributed by atoms with E-state index in [-0.39, 0.29) is 17.9 Å². The summed E-state index contributed by atoms with van der Waals surface area (Å²) >= 11 is 1.58. The largest absolute Gasteiger partial charge is 0.484 e. The number of benzene rings is 1. The van der Waals surface area contributed by atoms with Crippen LogP contribution in [0.1, 0.15) is 31.9 Å². The van der Waals surface area contributed by atoms with E-state index in [9.17, 15) is 4.79 Å². The van der Waals surface area contributed by atoms with Crippen molar-refractivity contribution in [2.45, 2.75) is 26.2 Å². The third-order valence-corrected chi connectivity index (χ3v) is 3.74. The van der Waals surface area contributed by atoms with Gasteiger partial charge in [0.25, 0.3) is 5.91 Å². The number of hydrazone groups is 1. The molecule has 0 atom stereocenters. The van der Waals surface area contributed by atoms with E-state index in [1.165, 1.54) is 5.56 Å². The molecule has 0 aliphatic heterocycles. The molecule has 1 amide bonds. The molecule has 2 rings (SSSR count). The summed E-state index contributed by atoms with van der Waals surface area (Å²) in [6.45, 7) is 6.40. The Morgan fingerprint density at radius 3 is 2.59 bits per heavy atom. The average Bonchev–Trinajstić information content (AvgIpc) is 2.98. The Kier molecular flexibility index (Phi) is 5.33. The number of carbonyl (C=O) groups is 1. The second-order valence-corrected chi connectivity index (χ2v) is 6.69. The van der Waals surface area contributed by atoms with Gasteiger partial charge in [-0.05, 0) is 39.9 Å². The van der Waals surface area contributed by atoms with Crippen LogP contribution in [0, 0.1) is 0 Å². The molecule has 2 aromatic rings. The summed E-state index contributed by atoms with van der Waals surface area (Å²) in [6, 6.07) is 9.71. The zero-order valence-corrected chi connectivity index (χ0v) is 13.8. The number of ether oxygens (including phenoxy) is 1. The van der Waals surface area contributed by atoms with Gasteiger partial charge in [-0.2, -0.15) is 16.4 Å². The Balaban J connectivity index is 1.78. The molecule has 4 nitrogen and oxygen atoms in total. The molecule has 1 N–H and O–H groups in total. The number of hydrogen-bond acceptors (Lipinski definition) is 4. The lowest BCUT2D eigenvalue weighted by Crippen LogP contribution is -2.24. The topological polar surface area (TPSA) is 50.7 Å². The number of carbonyl (C=O) groups excluding carboxylic acids is 1. The minimum absolute atomic E-state index is 0.0597. The molecule has 1 aromatic heterocycles. The first-order chi connectivity index (χ1) is 10.4. The quantitative estimate of drug-likeness (QED) is 0.677. The highest BCUT2D eigenvalue weighted by Gasteiger charge is 2.13. The molecule has 22 heavy (non-hydrogen) atoms. The summed E-state index contributed by atoms with van der Waals surface area (Å²) in [4.78, 5) is 11.6. The van der Waals surface area contributed by atoms with Gasteiger partial charge in [0.05, 0.1) is 6.21 Å². The van der Waals surface area contributed by atoms with Crippen molar-refractivity contribution >= 4 is 23.5 Å². The third kappa shape index (κ3) is 5.00. The smallest absolute Gasteiger partial charge is 0.277 e. The summed E-state index contributed by atoms with van der Waals surface area (Å²) in [5, 5.41) is 7.77. The van der Waals surface area contributed by atoms with Crippen molar-refractivity contribution in [3.63, 3.8) is 0 Å². The van der Waals surface area contributed by atoms with Gasteiger partial charge in [0.1, 0.15) is 5.75 Å². The maximum Gasteiger partial charge on any atom is 0.277 e. The molecule has 1 aromatic carbocycles. The molecule has 0 spiro atoms. The highest BCUT2D eigenvalue weighted by molar-refractivity contribution is 7.08. The Hall–Kier alpha value is -2.14. The SMILES string of the molecule is CC(C)(C)c1ccc(OCC(=O)NN=Cc2ccsc2)cc1. The fourth-order valence-electron chi connectivity index (χ4n) is 1.76. The number of nitrogens with one attached hydrogen (secondary N) is 1. The molecule has 116 valence electrons. The molecular formula is C17H20N2O2S. The molecule has 0 bridgehead atoms. The first kappa shape index (κ1) is 16.2. The number of nitrogens with zero attached hydrogens (tertiary/aromatic N) is 1. The molecule has 0 radical (unpaired) electrons. The molecule has 5 heteroatoms. The molecule has 0 saturated heterocycles. The van der Waals surface area contributed by atoms with E-state index >= 15 is 0 Å². The van der Waals surface area contributed by atoms with Crippen molar-refractivity contribution in [3.8, 4) is 5.75 Å². The van der Waals surface area contributed by atoms with Gasteiger partial charge < -0.3 is 4.74 Å². The molecule has 0 aliphatic rings. The highest BCUT2D eigenvalue weighted by Crippen LogP contribution is 2.24. The van der Waals surface area contributed by atoms with Crippen LogP contribution in [0.25, 0.3) is 0 Å². The zero-order valence-electron chi connectivity index (χ0n) is 13.0. The van der Waals surface area contributed by atoms with Crippen LogP contribution in [0.15, 0.2) is 46.2 Å². The standard InChI is InChI=1S/C17H20N2O2S/c1-17(2,3)14-4-6-15(7-5-14)21-11-16(20)19-18-10-13-8-9-22-12-13/h4-10,12H,11H2,1-3H3,(H,19,20). The molecule has 1 heterocycles. The van der Waals surface area contributed by atoms with E-state index in [0.29, 0.717) is 5.75 Å². The monoisotopic (exact) mass is 316 g/mol. The van der Waals surface area contributed by atoms with Gasteiger partial charge in [-0.1, -0.05) is 32.9 Å². The van der Waals surface area contributed by atoms with Crippen LogP contribution in [0.3, 0.4) is 0 Å². The molecule has 0 unspecified atom stereocenters.